The van der Waals surface area contributed by atoms with Crippen molar-refractivity contribution in [2.24, 2.45) is 4.99 Å². The number of nitrogens with zero attached hydrogens (tertiary/aromatic N) is 2. The van der Waals surface area contributed by atoms with Crippen molar-refractivity contribution < 1.29 is 4.74 Å². The summed E-state index contributed by atoms with van der Waals surface area (Å²) in [5.74, 6) is 0.913. The molecule has 2 aliphatic rings. The third kappa shape index (κ3) is 8.55. The lowest BCUT2D eigenvalue weighted by Crippen LogP contribution is -2.49. The van der Waals surface area contributed by atoms with Crippen molar-refractivity contribution in [3.63, 3.8) is 0 Å². The third-order valence-electron chi connectivity index (χ3n) is 5.69. The summed E-state index contributed by atoms with van der Waals surface area (Å²) in [6.07, 6.45) is 10.7. The molecule has 0 unspecified atom stereocenters. The quantitative estimate of drug-likeness (QED) is 0.186. The van der Waals surface area contributed by atoms with Crippen LogP contribution in [0.5, 0.6) is 0 Å². The van der Waals surface area contributed by atoms with Crippen LogP contribution in [0, 0.1) is 0 Å². The first-order valence-corrected chi connectivity index (χ1v) is 11.6. The summed E-state index contributed by atoms with van der Waals surface area (Å²) in [6.45, 7) is 4.98. The van der Waals surface area contributed by atoms with Gasteiger partial charge in [0.05, 0.1) is 12.7 Å². The second-order valence-corrected chi connectivity index (χ2v) is 8.59. The summed E-state index contributed by atoms with van der Waals surface area (Å²) in [5, 5.41) is 11.4. The molecule has 2 heterocycles. The van der Waals surface area contributed by atoms with Gasteiger partial charge >= 0.3 is 0 Å². The lowest BCUT2D eigenvalue weighted by atomic mass is 10.0. The third-order valence-corrected chi connectivity index (χ3v) is 6.42. The Morgan fingerprint density at radius 2 is 1.93 bits per heavy atom. The molecule has 7 heteroatoms. The van der Waals surface area contributed by atoms with Gasteiger partial charge in [-0.2, -0.15) is 11.3 Å². The molecule has 0 spiro atoms. The smallest absolute Gasteiger partial charge is 0.191 e. The summed E-state index contributed by atoms with van der Waals surface area (Å²) in [5.41, 5.74) is 1.44. The molecule has 1 saturated carbocycles. The monoisotopic (exact) mass is 520 g/mol. The van der Waals surface area contributed by atoms with E-state index in [-0.39, 0.29) is 24.0 Å². The van der Waals surface area contributed by atoms with Crippen LogP contribution in [0.1, 0.15) is 56.9 Å². The molecular weight excluding hydrogens is 483 g/mol. The van der Waals surface area contributed by atoms with Crippen molar-refractivity contribution in [2.75, 3.05) is 33.3 Å². The fourth-order valence-electron chi connectivity index (χ4n) is 4.07. The van der Waals surface area contributed by atoms with Crippen LogP contribution in [0.15, 0.2) is 21.8 Å². The SMILES string of the molecule is CN=C(NCCOC1CCCCCC1)NC1CCN(Cc2ccsc2)CC1.I. The predicted molar refractivity (Wildman–Crippen MR) is 130 cm³/mol. The Kier molecular flexibility index (Phi) is 11.8. The van der Waals surface area contributed by atoms with Crippen molar-refractivity contribution >= 4 is 41.3 Å². The molecule has 2 N–H and O–H groups in total. The van der Waals surface area contributed by atoms with Gasteiger partial charge in [-0.05, 0) is 48.1 Å². The number of hydrogen-bond donors (Lipinski definition) is 2. The molecule has 28 heavy (non-hydrogen) atoms. The van der Waals surface area contributed by atoms with E-state index in [0.29, 0.717) is 12.1 Å². The minimum absolute atomic E-state index is 0. The van der Waals surface area contributed by atoms with Gasteiger partial charge in [0.2, 0.25) is 0 Å². The van der Waals surface area contributed by atoms with Crippen LogP contribution < -0.4 is 10.6 Å². The normalized spacial score (nSPS) is 20.4. The molecule has 160 valence electrons. The molecule has 5 nitrogen and oxygen atoms in total. The zero-order valence-electron chi connectivity index (χ0n) is 17.2. The fourth-order valence-corrected chi connectivity index (χ4v) is 4.73. The molecule has 1 aromatic heterocycles. The Labute approximate surface area is 191 Å². The molecule has 0 bridgehead atoms. The highest BCUT2D eigenvalue weighted by Gasteiger charge is 2.20. The molecule has 1 aliphatic carbocycles. The highest BCUT2D eigenvalue weighted by atomic mass is 127. The average Bonchev–Trinajstić information content (AvgIpc) is 3.06. The summed E-state index contributed by atoms with van der Waals surface area (Å²) in [7, 11) is 1.85. The van der Waals surface area contributed by atoms with E-state index in [1.165, 1.54) is 56.9 Å². The minimum atomic E-state index is 0. The van der Waals surface area contributed by atoms with Crippen molar-refractivity contribution in [3.05, 3.63) is 22.4 Å². The van der Waals surface area contributed by atoms with Gasteiger partial charge in [0.25, 0.3) is 0 Å². The largest absolute Gasteiger partial charge is 0.376 e. The van der Waals surface area contributed by atoms with Gasteiger partial charge in [-0.25, -0.2) is 0 Å². The number of ether oxygens (including phenoxy) is 1. The summed E-state index contributed by atoms with van der Waals surface area (Å²) in [4.78, 5) is 6.94. The Morgan fingerprint density at radius 3 is 2.57 bits per heavy atom. The molecule has 0 amide bonds. The molecule has 2 fully saturated rings. The number of aliphatic imine (C=N–C) groups is 1. The molecule has 0 atom stereocenters. The standard InChI is InChI=1S/C21H36N4OS.HI/c1-22-21(23-11-14-26-20-6-4-2-3-5-7-20)24-19-8-12-25(13-9-19)16-18-10-15-27-17-18;/h10,15,17,19-20H,2-9,11-14,16H2,1H3,(H2,22,23,24);1H. The summed E-state index contributed by atoms with van der Waals surface area (Å²) >= 11 is 1.79. The average molecular weight is 521 g/mol. The van der Waals surface area contributed by atoms with E-state index in [1.807, 2.05) is 7.05 Å². The fraction of sp³-hybridized carbons (Fsp3) is 0.762. The molecule has 1 saturated heterocycles. The zero-order chi connectivity index (χ0) is 18.7. The van der Waals surface area contributed by atoms with Gasteiger partial charge in [0.1, 0.15) is 0 Å². The van der Waals surface area contributed by atoms with Gasteiger partial charge in [-0.15, -0.1) is 24.0 Å². The van der Waals surface area contributed by atoms with Crippen LogP contribution in [-0.4, -0.2) is 56.3 Å². The number of halogens is 1. The van der Waals surface area contributed by atoms with Crippen LogP contribution in [0.25, 0.3) is 0 Å². The van der Waals surface area contributed by atoms with E-state index in [0.717, 1.165) is 38.7 Å². The van der Waals surface area contributed by atoms with Crippen LogP contribution in [0.4, 0.5) is 0 Å². The van der Waals surface area contributed by atoms with Crippen LogP contribution in [0.3, 0.4) is 0 Å². The van der Waals surface area contributed by atoms with E-state index in [1.54, 1.807) is 11.3 Å². The number of likely N-dealkylation sites (tertiary alicyclic amines) is 1. The lowest BCUT2D eigenvalue weighted by molar-refractivity contribution is 0.0467. The van der Waals surface area contributed by atoms with E-state index in [9.17, 15) is 0 Å². The Hall–Kier alpha value is -0.380. The second kappa shape index (κ2) is 13.8. The highest BCUT2D eigenvalue weighted by molar-refractivity contribution is 14.0. The second-order valence-electron chi connectivity index (χ2n) is 7.81. The van der Waals surface area contributed by atoms with Crippen LogP contribution in [-0.2, 0) is 11.3 Å². The number of rotatable bonds is 7. The van der Waals surface area contributed by atoms with E-state index in [2.05, 4.69) is 37.4 Å². The Morgan fingerprint density at radius 1 is 1.18 bits per heavy atom. The van der Waals surface area contributed by atoms with Gasteiger partial charge in [0.15, 0.2) is 5.96 Å². The molecule has 0 aromatic carbocycles. The number of hydrogen-bond acceptors (Lipinski definition) is 4. The van der Waals surface area contributed by atoms with Crippen molar-refractivity contribution in [1.29, 1.82) is 0 Å². The first kappa shape index (κ1) is 23.9. The van der Waals surface area contributed by atoms with Crippen LogP contribution >= 0.6 is 35.3 Å². The van der Waals surface area contributed by atoms with Gasteiger partial charge in [-0.3, -0.25) is 9.89 Å². The number of piperidine rings is 1. The molecule has 1 aliphatic heterocycles. The van der Waals surface area contributed by atoms with E-state index in [4.69, 9.17) is 4.74 Å². The van der Waals surface area contributed by atoms with Crippen molar-refractivity contribution in [2.45, 2.75) is 70.1 Å². The molecule has 3 rings (SSSR count). The summed E-state index contributed by atoms with van der Waals surface area (Å²) < 4.78 is 6.06. The van der Waals surface area contributed by atoms with Gasteiger partial charge in [-0.1, -0.05) is 25.7 Å². The highest BCUT2D eigenvalue weighted by Crippen LogP contribution is 2.19. The van der Waals surface area contributed by atoms with Crippen LogP contribution in [0.2, 0.25) is 0 Å². The topological polar surface area (TPSA) is 48.9 Å². The zero-order valence-corrected chi connectivity index (χ0v) is 20.3. The Bertz CT molecular complexity index is 539. The minimum Gasteiger partial charge on any atom is -0.376 e. The van der Waals surface area contributed by atoms with Crippen molar-refractivity contribution in [1.82, 2.24) is 15.5 Å². The number of guanidine groups is 1. The molecular formula is C21H37IN4OS. The predicted octanol–water partition coefficient (Wildman–Crippen LogP) is 4.23. The first-order valence-electron chi connectivity index (χ1n) is 10.7. The molecule has 1 aromatic rings. The summed E-state index contributed by atoms with van der Waals surface area (Å²) in [6, 6.07) is 2.75. The first-order chi connectivity index (χ1) is 13.3. The number of thiophene rings is 1. The number of nitrogens with one attached hydrogen (secondary N) is 2. The molecule has 0 radical (unpaired) electrons. The Balaban J connectivity index is 0.00000280. The lowest BCUT2D eigenvalue weighted by Gasteiger charge is -2.33. The van der Waals surface area contributed by atoms with E-state index < -0.39 is 0 Å². The maximum atomic E-state index is 6.06. The maximum absolute atomic E-state index is 6.06. The van der Waals surface area contributed by atoms with Crippen molar-refractivity contribution in [3.8, 4) is 0 Å². The van der Waals surface area contributed by atoms with E-state index >= 15 is 0 Å². The van der Waals surface area contributed by atoms with Gasteiger partial charge < -0.3 is 15.4 Å². The maximum Gasteiger partial charge on any atom is 0.191 e. The van der Waals surface area contributed by atoms with Gasteiger partial charge in [0, 0.05) is 39.3 Å².